The van der Waals surface area contributed by atoms with E-state index in [1.54, 1.807) is 0 Å². The van der Waals surface area contributed by atoms with Crippen molar-refractivity contribution in [1.82, 2.24) is 20.8 Å². The van der Waals surface area contributed by atoms with Crippen LogP contribution in [0.5, 0.6) is 0 Å². The zero-order valence-electron chi connectivity index (χ0n) is 12.8. The van der Waals surface area contributed by atoms with Crippen molar-refractivity contribution in [3.63, 3.8) is 0 Å². The average Bonchev–Trinajstić information content (AvgIpc) is 3.25. The Morgan fingerprint density at radius 1 is 1.40 bits per heavy atom. The molecule has 3 amide bonds. The number of thioether (sulfide) groups is 1. The molecule has 9 nitrogen and oxygen atoms in total. The Labute approximate surface area is 151 Å². The summed E-state index contributed by atoms with van der Waals surface area (Å²) in [4.78, 5) is 24.3. The molecule has 1 unspecified atom stereocenters. The summed E-state index contributed by atoms with van der Waals surface area (Å²) in [5.74, 6) is -0.303. The summed E-state index contributed by atoms with van der Waals surface area (Å²) in [7, 11) is -3.09. The van der Waals surface area contributed by atoms with E-state index in [-0.39, 0.29) is 22.5 Å². The van der Waals surface area contributed by atoms with Crippen molar-refractivity contribution in [3.8, 4) is 10.8 Å². The topological polar surface area (TPSA) is 131 Å². The molecule has 0 saturated carbocycles. The molecule has 1 aliphatic heterocycles. The normalized spacial score (nSPS) is 18.8. The minimum atomic E-state index is -3.09. The lowest BCUT2D eigenvalue weighted by Crippen LogP contribution is -2.45. The number of urea groups is 1. The first kappa shape index (κ1) is 17.9. The van der Waals surface area contributed by atoms with Crippen LogP contribution in [0.1, 0.15) is 6.42 Å². The zero-order chi connectivity index (χ0) is 17.9. The van der Waals surface area contributed by atoms with Crippen molar-refractivity contribution in [3.05, 3.63) is 17.5 Å². The second-order valence-corrected chi connectivity index (χ2v) is 9.36. The van der Waals surface area contributed by atoms with Crippen LogP contribution in [0.15, 0.2) is 27.2 Å². The van der Waals surface area contributed by atoms with Gasteiger partial charge < -0.3 is 9.73 Å². The fraction of sp³-hybridized carbons (Fsp3) is 0.385. The van der Waals surface area contributed by atoms with E-state index in [0.29, 0.717) is 12.3 Å². The van der Waals surface area contributed by atoms with E-state index in [9.17, 15) is 18.0 Å². The van der Waals surface area contributed by atoms with E-state index in [1.807, 2.05) is 17.5 Å². The Balaban J connectivity index is 1.43. The summed E-state index contributed by atoms with van der Waals surface area (Å²) in [5.41, 5.74) is 0. The van der Waals surface area contributed by atoms with Crippen LogP contribution < -0.4 is 10.6 Å². The van der Waals surface area contributed by atoms with Gasteiger partial charge in [0.1, 0.15) is 0 Å². The minimum Gasteiger partial charge on any atom is -0.410 e. The number of hydrogen-bond donors (Lipinski definition) is 2. The number of amides is 3. The third-order valence-electron chi connectivity index (χ3n) is 3.29. The van der Waals surface area contributed by atoms with Crippen molar-refractivity contribution in [2.45, 2.75) is 17.7 Å². The molecular formula is C13H14N4O5S3. The molecule has 0 bridgehead atoms. The highest BCUT2D eigenvalue weighted by Crippen LogP contribution is 2.26. The Kier molecular flexibility index (Phi) is 5.39. The van der Waals surface area contributed by atoms with Crippen molar-refractivity contribution in [2.75, 3.05) is 17.3 Å². The van der Waals surface area contributed by atoms with Crippen LogP contribution in [-0.4, -0.2) is 53.9 Å². The predicted octanol–water partition coefficient (Wildman–Crippen LogP) is 0.903. The van der Waals surface area contributed by atoms with Crippen LogP contribution in [0.3, 0.4) is 0 Å². The lowest BCUT2D eigenvalue weighted by atomic mass is 10.3. The van der Waals surface area contributed by atoms with Gasteiger partial charge in [0.25, 0.3) is 11.1 Å². The number of nitrogens with zero attached hydrogens (tertiary/aromatic N) is 2. The molecule has 3 heterocycles. The largest absolute Gasteiger partial charge is 0.410 e. The Hall–Kier alpha value is -1.92. The maximum atomic E-state index is 11.8. The molecule has 0 radical (unpaired) electrons. The van der Waals surface area contributed by atoms with Gasteiger partial charge in [-0.1, -0.05) is 17.8 Å². The van der Waals surface area contributed by atoms with Crippen LogP contribution in [0, 0.1) is 0 Å². The van der Waals surface area contributed by atoms with Crippen LogP contribution >= 0.6 is 23.1 Å². The molecule has 2 aromatic heterocycles. The van der Waals surface area contributed by atoms with Gasteiger partial charge in [-0.05, 0) is 17.9 Å². The molecule has 134 valence electrons. The number of carbonyl (C=O) groups excluding carboxylic acids is 2. The van der Waals surface area contributed by atoms with Gasteiger partial charge in [0, 0.05) is 6.04 Å². The molecule has 2 N–H and O–H groups in total. The van der Waals surface area contributed by atoms with Gasteiger partial charge in [0.2, 0.25) is 5.91 Å². The second kappa shape index (κ2) is 7.54. The molecule has 1 aliphatic rings. The van der Waals surface area contributed by atoms with Gasteiger partial charge in [0.05, 0.1) is 22.1 Å². The predicted molar refractivity (Wildman–Crippen MR) is 92.1 cm³/mol. The minimum absolute atomic E-state index is 0.0471. The Bertz CT molecular complexity index is 862. The number of thiophene rings is 1. The molecule has 1 atom stereocenters. The molecule has 1 saturated heterocycles. The lowest BCUT2D eigenvalue weighted by Gasteiger charge is -2.10. The molecule has 3 rings (SSSR count). The summed E-state index contributed by atoms with van der Waals surface area (Å²) < 4.78 is 28.1. The van der Waals surface area contributed by atoms with E-state index in [1.165, 1.54) is 11.3 Å². The fourth-order valence-electron chi connectivity index (χ4n) is 2.19. The summed E-state index contributed by atoms with van der Waals surface area (Å²) >= 11 is 2.46. The summed E-state index contributed by atoms with van der Waals surface area (Å²) in [6.07, 6.45) is 0.353. The van der Waals surface area contributed by atoms with Gasteiger partial charge in [-0.15, -0.1) is 21.5 Å². The standard InChI is InChI=1S/C13H14N4O5S3/c18-10(15-12(19)14-8-3-5-25(20,21)7-8)6-24-13-17-16-11(22-13)9-2-1-4-23-9/h1-2,4,8H,3,5-7H2,(H2,14,15,18,19). The molecule has 2 aromatic rings. The molecule has 1 fully saturated rings. The molecular weight excluding hydrogens is 388 g/mol. The summed E-state index contributed by atoms with van der Waals surface area (Å²) in [6, 6.07) is 2.53. The molecule has 0 spiro atoms. The first-order valence-electron chi connectivity index (χ1n) is 7.22. The van der Waals surface area contributed by atoms with E-state index in [2.05, 4.69) is 20.8 Å². The smallest absolute Gasteiger partial charge is 0.321 e. The van der Waals surface area contributed by atoms with Crippen LogP contribution in [-0.2, 0) is 14.6 Å². The van der Waals surface area contributed by atoms with Crippen LogP contribution in [0.4, 0.5) is 4.79 Å². The van der Waals surface area contributed by atoms with Gasteiger partial charge >= 0.3 is 6.03 Å². The Morgan fingerprint density at radius 2 is 2.24 bits per heavy atom. The maximum absolute atomic E-state index is 11.8. The molecule has 0 aliphatic carbocycles. The van der Waals surface area contributed by atoms with Gasteiger partial charge in [-0.25, -0.2) is 13.2 Å². The maximum Gasteiger partial charge on any atom is 0.321 e. The van der Waals surface area contributed by atoms with Crippen LogP contribution in [0.25, 0.3) is 10.8 Å². The highest BCUT2D eigenvalue weighted by molar-refractivity contribution is 7.99. The summed E-state index contributed by atoms with van der Waals surface area (Å²) in [6.45, 7) is 0. The van der Waals surface area contributed by atoms with Crippen molar-refractivity contribution >= 4 is 44.9 Å². The number of imide groups is 1. The number of rotatable bonds is 5. The zero-order valence-corrected chi connectivity index (χ0v) is 15.2. The van der Waals surface area contributed by atoms with Gasteiger partial charge in [0.15, 0.2) is 9.84 Å². The molecule has 25 heavy (non-hydrogen) atoms. The van der Waals surface area contributed by atoms with E-state index in [4.69, 9.17) is 4.42 Å². The second-order valence-electron chi connectivity index (χ2n) is 5.26. The lowest BCUT2D eigenvalue weighted by molar-refractivity contribution is -0.117. The van der Waals surface area contributed by atoms with Gasteiger partial charge in [-0.3, -0.25) is 10.1 Å². The van der Waals surface area contributed by atoms with Crippen molar-refractivity contribution in [1.29, 1.82) is 0 Å². The number of nitrogens with one attached hydrogen (secondary N) is 2. The van der Waals surface area contributed by atoms with E-state index >= 15 is 0 Å². The van der Waals surface area contributed by atoms with E-state index in [0.717, 1.165) is 16.6 Å². The average molecular weight is 402 g/mol. The number of carbonyl (C=O) groups is 2. The number of hydrogen-bond acceptors (Lipinski definition) is 9. The highest BCUT2D eigenvalue weighted by atomic mass is 32.2. The third kappa shape index (κ3) is 5.03. The molecule has 0 aromatic carbocycles. The molecule has 12 heteroatoms. The first-order chi connectivity index (χ1) is 11.9. The first-order valence-corrected chi connectivity index (χ1v) is 10.9. The Morgan fingerprint density at radius 3 is 2.92 bits per heavy atom. The number of aromatic nitrogens is 2. The summed E-state index contributed by atoms with van der Waals surface area (Å²) in [5, 5.41) is 14.4. The number of sulfone groups is 1. The van der Waals surface area contributed by atoms with E-state index < -0.39 is 27.8 Å². The van der Waals surface area contributed by atoms with Crippen molar-refractivity contribution < 1.29 is 22.4 Å². The SMILES string of the molecule is O=C(CSc1nnc(-c2cccs2)o1)NC(=O)NC1CCS(=O)(=O)C1. The monoisotopic (exact) mass is 402 g/mol. The fourth-order valence-corrected chi connectivity index (χ4v) is 5.07. The van der Waals surface area contributed by atoms with Crippen LogP contribution in [0.2, 0.25) is 0 Å². The third-order valence-corrected chi connectivity index (χ3v) is 6.73. The van der Waals surface area contributed by atoms with Crippen molar-refractivity contribution in [2.24, 2.45) is 0 Å². The van der Waals surface area contributed by atoms with Gasteiger partial charge in [-0.2, -0.15) is 0 Å². The quantitative estimate of drug-likeness (QED) is 0.705. The highest BCUT2D eigenvalue weighted by Gasteiger charge is 2.29.